The lowest BCUT2D eigenvalue weighted by Gasteiger charge is -2.19. The summed E-state index contributed by atoms with van der Waals surface area (Å²) in [7, 11) is 0. The molecule has 3 rings (SSSR count). The van der Waals surface area contributed by atoms with Crippen LogP contribution < -0.4 is 5.32 Å². The first-order chi connectivity index (χ1) is 11.0. The number of rotatable bonds is 4. The third-order valence-electron chi connectivity index (χ3n) is 3.74. The van der Waals surface area contributed by atoms with Crippen LogP contribution in [0.15, 0.2) is 54.6 Å². The molecular weight excluding hydrogens is 314 g/mol. The van der Waals surface area contributed by atoms with Crippen LogP contribution >= 0.6 is 11.6 Å². The summed E-state index contributed by atoms with van der Waals surface area (Å²) in [6.45, 7) is 0. The molecule has 0 saturated carbocycles. The van der Waals surface area contributed by atoms with E-state index in [1.54, 1.807) is 24.3 Å². The summed E-state index contributed by atoms with van der Waals surface area (Å²) >= 11 is 5.88. The molecule has 1 heterocycles. The fourth-order valence-electron chi connectivity index (χ4n) is 2.57. The average molecular weight is 328 g/mol. The molecule has 0 fully saturated rings. The molecule has 2 aromatic carbocycles. The first-order valence-corrected chi connectivity index (χ1v) is 7.47. The van der Waals surface area contributed by atoms with Crippen LogP contribution in [0.2, 0.25) is 5.02 Å². The molecule has 5 heteroatoms. The van der Waals surface area contributed by atoms with Gasteiger partial charge in [0.2, 0.25) is 0 Å². The fourth-order valence-corrected chi connectivity index (χ4v) is 2.74. The van der Waals surface area contributed by atoms with Crippen LogP contribution in [0.5, 0.6) is 0 Å². The lowest BCUT2D eigenvalue weighted by atomic mass is 9.90. The number of carbonyl (C=O) groups excluding carboxylic acids is 2. The number of nitrogens with one attached hydrogen (secondary N) is 1. The summed E-state index contributed by atoms with van der Waals surface area (Å²) in [6, 6.07) is 14.0. The van der Waals surface area contributed by atoms with Crippen molar-refractivity contribution < 1.29 is 14.7 Å². The number of aliphatic hydroxyl groups is 1. The van der Waals surface area contributed by atoms with Gasteiger partial charge in [0.1, 0.15) is 0 Å². The monoisotopic (exact) mass is 327 g/mol. The highest BCUT2D eigenvalue weighted by Gasteiger charge is 2.46. The van der Waals surface area contributed by atoms with Gasteiger partial charge in [0.15, 0.2) is 11.4 Å². The second-order valence-corrected chi connectivity index (χ2v) is 5.83. The zero-order valence-electron chi connectivity index (χ0n) is 12.1. The van der Waals surface area contributed by atoms with Crippen LogP contribution in [0, 0.1) is 0 Å². The van der Waals surface area contributed by atoms with Crippen molar-refractivity contribution in [1.82, 2.24) is 0 Å². The molecule has 0 spiro atoms. The van der Waals surface area contributed by atoms with Crippen molar-refractivity contribution in [3.05, 3.63) is 70.8 Å². The molecule has 1 aliphatic heterocycles. The van der Waals surface area contributed by atoms with E-state index in [0.717, 1.165) is 5.56 Å². The summed E-state index contributed by atoms with van der Waals surface area (Å²) in [5.41, 5.74) is -0.188. The van der Waals surface area contributed by atoms with Gasteiger partial charge >= 0.3 is 0 Å². The molecule has 116 valence electrons. The van der Waals surface area contributed by atoms with E-state index in [0.29, 0.717) is 16.3 Å². The largest absolute Gasteiger partial charge is 0.375 e. The number of amides is 1. The molecule has 1 atom stereocenters. The van der Waals surface area contributed by atoms with Gasteiger partial charge in [-0.15, -0.1) is 0 Å². The van der Waals surface area contributed by atoms with Gasteiger partial charge in [-0.3, -0.25) is 9.59 Å². The standard InChI is InChI=1S/C18H14ClNO3/c19-13-7-9-15-16(10-13)20-17(22)18(15,23)11-14(21)8-6-12-4-2-1-3-5-12/h1-10,23H,11H2,(H,20,22)/b8-6+. The maximum Gasteiger partial charge on any atom is 0.261 e. The number of hydrogen-bond donors (Lipinski definition) is 2. The second kappa shape index (κ2) is 5.99. The van der Waals surface area contributed by atoms with Crippen molar-refractivity contribution in [2.75, 3.05) is 5.32 Å². The highest BCUT2D eigenvalue weighted by atomic mass is 35.5. The van der Waals surface area contributed by atoms with Crippen LogP contribution in [0.3, 0.4) is 0 Å². The molecule has 1 unspecified atom stereocenters. The first kappa shape index (κ1) is 15.5. The van der Waals surface area contributed by atoms with Crippen molar-refractivity contribution in [3.63, 3.8) is 0 Å². The number of hydrogen-bond acceptors (Lipinski definition) is 3. The third-order valence-corrected chi connectivity index (χ3v) is 3.98. The molecule has 0 aliphatic carbocycles. The van der Waals surface area contributed by atoms with Gasteiger partial charge in [0.25, 0.3) is 5.91 Å². The number of ketones is 1. The molecule has 1 amide bonds. The Bertz CT molecular complexity index is 801. The predicted molar refractivity (Wildman–Crippen MR) is 89.1 cm³/mol. The Morgan fingerprint density at radius 2 is 1.96 bits per heavy atom. The molecule has 0 aromatic heterocycles. The van der Waals surface area contributed by atoms with Gasteiger partial charge in [-0.2, -0.15) is 0 Å². The zero-order valence-corrected chi connectivity index (χ0v) is 12.9. The molecule has 1 aliphatic rings. The molecule has 4 nitrogen and oxygen atoms in total. The quantitative estimate of drug-likeness (QED) is 0.848. The molecular formula is C18H14ClNO3. The van der Waals surface area contributed by atoms with E-state index in [1.807, 2.05) is 30.3 Å². The van der Waals surface area contributed by atoms with Crippen molar-refractivity contribution in [2.45, 2.75) is 12.0 Å². The zero-order chi connectivity index (χ0) is 16.4. The second-order valence-electron chi connectivity index (χ2n) is 5.39. The maximum atomic E-state index is 12.1. The van der Waals surface area contributed by atoms with E-state index in [2.05, 4.69) is 5.32 Å². The lowest BCUT2D eigenvalue weighted by molar-refractivity contribution is -0.138. The summed E-state index contributed by atoms with van der Waals surface area (Å²) < 4.78 is 0. The first-order valence-electron chi connectivity index (χ1n) is 7.09. The van der Waals surface area contributed by atoms with Crippen molar-refractivity contribution in [1.29, 1.82) is 0 Å². The molecule has 0 saturated heterocycles. The highest BCUT2D eigenvalue weighted by molar-refractivity contribution is 6.31. The van der Waals surface area contributed by atoms with Gasteiger partial charge in [-0.25, -0.2) is 0 Å². The summed E-state index contributed by atoms with van der Waals surface area (Å²) in [5.74, 6) is -0.953. The van der Waals surface area contributed by atoms with Crippen LogP contribution in [-0.2, 0) is 15.2 Å². The Balaban J connectivity index is 1.81. The van der Waals surface area contributed by atoms with Gasteiger partial charge < -0.3 is 10.4 Å². The third kappa shape index (κ3) is 3.04. The number of fused-ring (bicyclic) bond motifs is 1. The number of anilines is 1. The molecule has 2 N–H and O–H groups in total. The molecule has 0 radical (unpaired) electrons. The lowest BCUT2D eigenvalue weighted by Crippen LogP contribution is -2.36. The van der Waals surface area contributed by atoms with Crippen molar-refractivity contribution in [3.8, 4) is 0 Å². The van der Waals surface area contributed by atoms with Crippen molar-refractivity contribution in [2.24, 2.45) is 0 Å². The highest BCUT2D eigenvalue weighted by Crippen LogP contribution is 2.39. The van der Waals surface area contributed by atoms with Gasteiger partial charge in [0, 0.05) is 16.3 Å². The molecule has 23 heavy (non-hydrogen) atoms. The predicted octanol–water partition coefficient (Wildman–Crippen LogP) is 3.15. The van der Waals surface area contributed by atoms with E-state index in [-0.39, 0.29) is 12.2 Å². The SMILES string of the molecule is O=C(/C=C/c1ccccc1)CC1(O)C(=O)Nc2cc(Cl)ccc21. The van der Waals surface area contributed by atoms with Crippen LogP contribution in [0.1, 0.15) is 17.5 Å². The van der Waals surface area contributed by atoms with Gasteiger partial charge in [0.05, 0.1) is 6.42 Å². The van der Waals surface area contributed by atoms with E-state index >= 15 is 0 Å². The Morgan fingerprint density at radius 3 is 2.70 bits per heavy atom. The summed E-state index contributed by atoms with van der Waals surface area (Å²) in [5, 5.41) is 13.7. The normalized spacial score (nSPS) is 19.7. The Kier molecular flexibility index (Phi) is 4.03. The van der Waals surface area contributed by atoms with Crippen LogP contribution in [0.4, 0.5) is 5.69 Å². The number of benzene rings is 2. The number of carbonyl (C=O) groups is 2. The minimum absolute atomic E-state index is 0.323. The Hall–Kier alpha value is -2.43. The summed E-state index contributed by atoms with van der Waals surface area (Å²) in [6.07, 6.45) is 2.70. The molecule has 2 aromatic rings. The minimum Gasteiger partial charge on any atom is -0.375 e. The van der Waals surface area contributed by atoms with E-state index in [4.69, 9.17) is 11.6 Å². The van der Waals surface area contributed by atoms with Crippen LogP contribution in [0.25, 0.3) is 6.08 Å². The van der Waals surface area contributed by atoms with E-state index in [1.165, 1.54) is 6.08 Å². The Morgan fingerprint density at radius 1 is 1.22 bits per heavy atom. The molecule has 0 bridgehead atoms. The number of halogens is 1. The average Bonchev–Trinajstić information content (AvgIpc) is 2.76. The topological polar surface area (TPSA) is 66.4 Å². The number of allylic oxidation sites excluding steroid dienone is 1. The van der Waals surface area contributed by atoms with Gasteiger partial charge in [-0.05, 0) is 23.8 Å². The maximum absolute atomic E-state index is 12.1. The Labute approximate surface area is 138 Å². The minimum atomic E-state index is -1.86. The van der Waals surface area contributed by atoms with Crippen LogP contribution in [-0.4, -0.2) is 16.8 Å². The smallest absolute Gasteiger partial charge is 0.261 e. The van der Waals surface area contributed by atoms with Gasteiger partial charge in [-0.1, -0.05) is 54.1 Å². The fraction of sp³-hybridized carbons (Fsp3) is 0.111. The van der Waals surface area contributed by atoms with Crippen molar-refractivity contribution >= 4 is 35.1 Å². The van der Waals surface area contributed by atoms with E-state index in [9.17, 15) is 14.7 Å². The van der Waals surface area contributed by atoms with E-state index < -0.39 is 11.5 Å². The summed E-state index contributed by atoms with van der Waals surface area (Å²) in [4.78, 5) is 24.2.